The molecule has 2 aromatic heterocycles. The van der Waals surface area contributed by atoms with Crippen LogP contribution in [-0.4, -0.2) is 15.0 Å². The van der Waals surface area contributed by atoms with Gasteiger partial charge in [0.15, 0.2) is 5.76 Å². The number of aromatic nitrogens is 3. The van der Waals surface area contributed by atoms with Crippen LogP contribution in [0.2, 0.25) is 0 Å². The van der Waals surface area contributed by atoms with E-state index < -0.39 is 0 Å². The summed E-state index contributed by atoms with van der Waals surface area (Å²) in [5.41, 5.74) is 0.386. The predicted octanol–water partition coefficient (Wildman–Crippen LogP) is 2.92. The Balaban J connectivity index is 1.64. The number of nitrogens with one attached hydrogen (secondary N) is 1. The number of halogens is 1. The molecule has 6 heteroatoms. The van der Waals surface area contributed by atoms with Crippen LogP contribution < -0.4 is 0 Å². The van der Waals surface area contributed by atoms with Crippen LogP contribution in [0, 0.1) is 5.82 Å². The number of oxazole rings is 1. The van der Waals surface area contributed by atoms with Gasteiger partial charge in [-0.25, -0.2) is 14.4 Å². The standard InChI is InChI=1S/C14H12FN3O2/c15-11-4-2-1-3-10(11)12-7-18-14(20-12)9-19-8-13-16-5-6-17-13/h1-7H,8-9H2,(H,16,17). The molecular weight excluding hydrogens is 261 g/mol. The van der Waals surface area contributed by atoms with Crippen LogP contribution in [0.1, 0.15) is 11.7 Å². The third-order valence-electron chi connectivity index (χ3n) is 2.71. The number of nitrogens with zero attached hydrogens (tertiary/aromatic N) is 2. The molecule has 20 heavy (non-hydrogen) atoms. The minimum atomic E-state index is -0.341. The molecule has 0 unspecified atom stereocenters. The molecule has 5 nitrogen and oxygen atoms in total. The first kappa shape index (κ1) is 12.6. The number of H-pyrrole nitrogens is 1. The molecule has 0 radical (unpaired) electrons. The molecule has 0 fully saturated rings. The highest BCUT2D eigenvalue weighted by Gasteiger charge is 2.10. The monoisotopic (exact) mass is 273 g/mol. The van der Waals surface area contributed by atoms with Gasteiger partial charge in [-0.2, -0.15) is 0 Å². The molecule has 0 spiro atoms. The van der Waals surface area contributed by atoms with E-state index >= 15 is 0 Å². The summed E-state index contributed by atoms with van der Waals surface area (Å²) >= 11 is 0. The van der Waals surface area contributed by atoms with Crippen molar-refractivity contribution in [2.24, 2.45) is 0 Å². The average Bonchev–Trinajstić information content (AvgIpc) is 3.11. The highest BCUT2D eigenvalue weighted by atomic mass is 19.1. The highest BCUT2D eigenvalue weighted by Crippen LogP contribution is 2.23. The van der Waals surface area contributed by atoms with E-state index in [-0.39, 0.29) is 12.4 Å². The Morgan fingerprint density at radius 3 is 2.90 bits per heavy atom. The Morgan fingerprint density at radius 1 is 1.20 bits per heavy atom. The summed E-state index contributed by atoms with van der Waals surface area (Å²) in [6.07, 6.45) is 4.87. The summed E-state index contributed by atoms with van der Waals surface area (Å²) in [5, 5.41) is 0. The maximum absolute atomic E-state index is 13.6. The number of rotatable bonds is 5. The topological polar surface area (TPSA) is 63.9 Å². The van der Waals surface area contributed by atoms with Crippen molar-refractivity contribution in [2.45, 2.75) is 13.2 Å². The number of imidazole rings is 1. The Hall–Kier alpha value is -2.47. The van der Waals surface area contributed by atoms with Crippen LogP contribution in [0.15, 0.2) is 47.3 Å². The fraction of sp³-hybridized carbons (Fsp3) is 0.143. The first-order valence-corrected chi connectivity index (χ1v) is 6.08. The van der Waals surface area contributed by atoms with Gasteiger partial charge in [0.25, 0.3) is 0 Å². The van der Waals surface area contributed by atoms with Crippen LogP contribution in [0.25, 0.3) is 11.3 Å². The first-order chi connectivity index (χ1) is 9.83. The Morgan fingerprint density at radius 2 is 2.10 bits per heavy atom. The van der Waals surface area contributed by atoms with E-state index in [9.17, 15) is 4.39 Å². The lowest BCUT2D eigenvalue weighted by Gasteiger charge is -1.99. The molecule has 1 aromatic carbocycles. The van der Waals surface area contributed by atoms with E-state index in [2.05, 4.69) is 15.0 Å². The Bertz CT molecular complexity index is 679. The van der Waals surface area contributed by atoms with Crippen molar-refractivity contribution in [3.05, 3.63) is 60.4 Å². The molecule has 3 aromatic rings. The van der Waals surface area contributed by atoms with Crippen molar-refractivity contribution in [1.29, 1.82) is 0 Å². The summed E-state index contributed by atoms with van der Waals surface area (Å²) in [5.74, 6) is 1.17. The third-order valence-corrected chi connectivity index (χ3v) is 2.71. The number of hydrogen-bond donors (Lipinski definition) is 1. The van der Waals surface area contributed by atoms with Crippen LogP contribution >= 0.6 is 0 Å². The molecular formula is C14H12FN3O2. The number of aromatic amines is 1. The molecule has 0 atom stereocenters. The molecule has 3 rings (SSSR count). The highest BCUT2D eigenvalue weighted by molar-refractivity contribution is 5.56. The maximum Gasteiger partial charge on any atom is 0.220 e. The van der Waals surface area contributed by atoms with E-state index in [0.717, 1.165) is 5.82 Å². The second-order valence-electron chi connectivity index (χ2n) is 4.13. The summed E-state index contributed by atoms with van der Waals surface area (Å²) in [7, 11) is 0. The summed E-state index contributed by atoms with van der Waals surface area (Å²) in [6, 6.07) is 6.39. The summed E-state index contributed by atoms with van der Waals surface area (Å²) < 4.78 is 24.5. The second kappa shape index (κ2) is 5.66. The quantitative estimate of drug-likeness (QED) is 0.776. The van der Waals surface area contributed by atoms with Crippen molar-refractivity contribution in [2.75, 3.05) is 0 Å². The van der Waals surface area contributed by atoms with Crippen molar-refractivity contribution >= 4 is 0 Å². The van der Waals surface area contributed by atoms with Gasteiger partial charge in [-0.15, -0.1) is 0 Å². The van der Waals surface area contributed by atoms with Gasteiger partial charge in [0.2, 0.25) is 5.89 Å². The molecule has 2 heterocycles. The molecule has 0 aliphatic heterocycles. The SMILES string of the molecule is Fc1ccccc1-c1cnc(COCc2ncc[nH]2)o1. The Labute approximate surface area is 114 Å². The molecule has 0 aliphatic carbocycles. The van der Waals surface area contributed by atoms with E-state index in [1.54, 1.807) is 30.6 Å². The average molecular weight is 273 g/mol. The summed E-state index contributed by atoms with van der Waals surface area (Å²) in [4.78, 5) is 11.0. The normalized spacial score (nSPS) is 10.8. The molecule has 102 valence electrons. The molecule has 0 saturated carbocycles. The third kappa shape index (κ3) is 2.75. The Kier molecular flexibility index (Phi) is 3.56. The van der Waals surface area contributed by atoms with Gasteiger partial charge in [0.05, 0.1) is 11.8 Å². The fourth-order valence-corrected chi connectivity index (χ4v) is 1.77. The zero-order valence-corrected chi connectivity index (χ0v) is 10.5. The lowest BCUT2D eigenvalue weighted by molar-refractivity contribution is 0.0856. The van der Waals surface area contributed by atoms with Crippen molar-refractivity contribution in [3.63, 3.8) is 0 Å². The predicted molar refractivity (Wildman–Crippen MR) is 69.0 cm³/mol. The molecule has 0 amide bonds. The fourth-order valence-electron chi connectivity index (χ4n) is 1.77. The first-order valence-electron chi connectivity index (χ1n) is 6.08. The van der Waals surface area contributed by atoms with Gasteiger partial charge in [0.1, 0.15) is 24.9 Å². The smallest absolute Gasteiger partial charge is 0.220 e. The van der Waals surface area contributed by atoms with Crippen LogP contribution in [-0.2, 0) is 18.0 Å². The van der Waals surface area contributed by atoms with Gasteiger partial charge in [-0.1, -0.05) is 12.1 Å². The van der Waals surface area contributed by atoms with Crippen molar-refractivity contribution in [1.82, 2.24) is 15.0 Å². The molecule has 0 bridgehead atoms. The van der Waals surface area contributed by atoms with Crippen molar-refractivity contribution < 1.29 is 13.5 Å². The second-order valence-corrected chi connectivity index (χ2v) is 4.13. The van der Waals surface area contributed by atoms with Gasteiger partial charge in [-0.05, 0) is 12.1 Å². The van der Waals surface area contributed by atoms with Gasteiger partial charge >= 0.3 is 0 Å². The zero-order valence-electron chi connectivity index (χ0n) is 10.5. The summed E-state index contributed by atoms with van der Waals surface area (Å²) in [6.45, 7) is 0.541. The minimum Gasteiger partial charge on any atom is -0.438 e. The van der Waals surface area contributed by atoms with E-state index in [4.69, 9.17) is 9.15 Å². The van der Waals surface area contributed by atoms with Gasteiger partial charge in [-0.3, -0.25) is 0 Å². The van der Waals surface area contributed by atoms with Gasteiger partial charge < -0.3 is 14.1 Å². The van der Waals surface area contributed by atoms with E-state index in [1.807, 2.05) is 0 Å². The lowest BCUT2D eigenvalue weighted by atomic mass is 10.2. The van der Waals surface area contributed by atoms with E-state index in [0.29, 0.717) is 23.8 Å². The molecule has 1 N–H and O–H groups in total. The number of ether oxygens (including phenoxy) is 1. The van der Waals surface area contributed by atoms with Gasteiger partial charge in [0, 0.05) is 12.4 Å². The van der Waals surface area contributed by atoms with Crippen LogP contribution in [0.4, 0.5) is 4.39 Å². The van der Waals surface area contributed by atoms with Crippen molar-refractivity contribution in [3.8, 4) is 11.3 Å². The maximum atomic E-state index is 13.6. The number of benzene rings is 1. The molecule has 0 saturated heterocycles. The van der Waals surface area contributed by atoms with Crippen LogP contribution in [0.5, 0.6) is 0 Å². The van der Waals surface area contributed by atoms with Crippen LogP contribution in [0.3, 0.4) is 0 Å². The largest absolute Gasteiger partial charge is 0.438 e. The lowest BCUT2D eigenvalue weighted by Crippen LogP contribution is -1.95. The minimum absolute atomic E-state index is 0.204. The molecule has 0 aliphatic rings. The van der Waals surface area contributed by atoms with E-state index in [1.165, 1.54) is 12.3 Å². The zero-order chi connectivity index (χ0) is 13.8. The number of hydrogen-bond acceptors (Lipinski definition) is 4.